The number of aliphatic imine (C=N–C) groups is 1. The van der Waals surface area contributed by atoms with Gasteiger partial charge in [0.1, 0.15) is 0 Å². The number of hydrogen-bond donors (Lipinski definition) is 1. The number of benzene rings is 1. The van der Waals surface area contributed by atoms with Crippen LogP contribution in [-0.2, 0) is 20.9 Å². The number of fused-ring (bicyclic) bond motifs is 1. The van der Waals surface area contributed by atoms with E-state index in [4.69, 9.17) is 32.9 Å². The van der Waals surface area contributed by atoms with Gasteiger partial charge < -0.3 is 19.4 Å². The van der Waals surface area contributed by atoms with Crippen LogP contribution >= 0.6 is 23.2 Å². The minimum Gasteiger partial charge on any atom is -0.465 e. The van der Waals surface area contributed by atoms with Crippen molar-refractivity contribution in [3.8, 4) is 0 Å². The Hall–Kier alpha value is -2.56. The molecule has 1 aromatic carbocycles. The average molecular weight is 497 g/mol. The number of urea groups is 1. The molecule has 12 heteroatoms. The van der Waals surface area contributed by atoms with Crippen molar-refractivity contribution in [3.05, 3.63) is 33.8 Å². The molecule has 4 rings (SSSR count). The number of guanidine groups is 1. The Kier molecular flexibility index (Phi) is 6.96. The number of nitrogens with one attached hydrogen (secondary N) is 1. The predicted octanol–water partition coefficient (Wildman–Crippen LogP) is 1.22. The summed E-state index contributed by atoms with van der Waals surface area (Å²) in [5.41, 5.74) is 0.794. The van der Waals surface area contributed by atoms with E-state index in [1.54, 1.807) is 26.1 Å². The number of ether oxygens (including phenoxy) is 1. The third-order valence-electron chi connectivity index (χ3n) is 6.01. The summed E-state index contributed by atoms with van der Waals surface area (Å²) in [6.45, 7) is 5.22. The number of esters is 1. The van der Waals surface area contributed by atoms with Crippen molar-refractivity contribution in [2.75, 3.05) is 46.4 Å². The van der Waals surface area contributed by atoms with Gasteiger partial charge in [0.2, 0.25) is 0 Å². The Morgan fingerprint density at radius 2 is 1.94 bits per heavy atom. The molecule has 0 radical (unpaired) electrons. The van der Waals surface area contributed by atoms with Crippen LogP contribution in [0, 0.1) is 0 Å². The molecule has 2 fully saturated rings. The van der Waals surface area contributed by atoms with Gasteiger partial charge in [0.15, 0.2) is 18.2 Å². The van der Waals surface area contributed by atoms with Crippen LogP contribution in [0.5, 0.6) is 0 Å². The van der Waals surface area contributed by atoms with Crippen LogP contribution < -0.4 is 5.32 Å². The van der Waals surface area contributed by atoms with Crippen molar-refractivity contribution in [3.63, 3.8) is 0 Å². The van der Waals surface area contributed by atoms with E-state index in [0.29, 0.717) is 55.3 Å². The number of carbonyl (C=O) groups excluding carboxylic acids is 3. The zero-order valence-electron chi connectivity index (χ0n) is 18.5. The second-order valence-corrected chi connectivity index (χ2v) is 8.97. The van der Waals surface area contributed by atoms with E-state index in [0.717, 1.165) is 5.56 Å². The molecule has 1 N–H and O–H groups in total. The van der Waals surface area contributed by atoms with Crippen LogP contribution in [-0.4, -0.2) is 102 Å². The van der Waals surface area contributed by atoms with E-state index in [1.165, 1.54) is 4.90 Å². The second kappa shape index (κ2) is 9.74. The van der Waals surface area contributed by atoms with Crippen LogP contribution in [0.2, 0.25) is 10.0 Å². The van der Waals surface area contributed by atoms with Crippen molar-refractivity contribution in [2.24, 2.45) is 4.99 Å². The van der Waals surface area contributed by atoms with Crippen molar-refractivity contribution in [1.82, 2.24) is 24.9 Å². The molecule has 3 aliphatic heterocycles. The van der Waals surface area contributed by atoms with E-state index in [9.17, 15) is 14.4 Å². The minimum atomic E-state index is -0.674. The molecule has 0 bridgehead atoms. The Morgan fingerprint density at radius 3 is 2.61 bits per heavy atom. The highest BCUT2D eigenvalue weighted by Crippen LogP contribution is 2.30. The molecule has 2 atom stereocenters. The van der Waals surface area contributed by atoms with Gasteiger partial charge >= 0.3 is 12.0 Å². The van der Waals surface area contributed by atoms with Crippen molar-refractivity contribution < 1.29 is 19.1 Å². The maximum atomic E-state index is 12.8. The van der Waals surface area contributed by atoms with Crippen molar-refractivity contribution in [2.45, 2.75) is 25.7 Å². The molecule has 2 unspecified atom stereocenters. The quantitative estimate of drug-likeness (QED) is 0.611. The largest absolute Gasteiger partial charge is 0.465 e. The molecule has 0 aromatic heterocycles. The standard InChI is InChI=1S/C21H26Cl2N6O4/c1-3-33-16(30)12-27-6-8-28(9-7-27)20-24-18-17(19(31)25-21(32)26(18)2)29(20)11-13-4-5-14(22)10-15(13)23/h4-5,10,17-18H,3,6-9,11-12H2,1-2H3,(H,25,31,32). The first-order chi connectivity index (χ1) is 15.8. The van der Waals surface area contributed by atoms with E-state index in [1.807, 2.05) is 15.9 Å². The summed E-state index contributed by atoms with van der Waals surface area (Å²) in [5.74, 6) is -0.0117. The number of halogens is 2. The molecule has 178 valence electrons. The summed E-state index contributed by atoms with van der Waals surface area (Å²) in [6.07, 6.45) is -0.634. The molecule has 10 nitrogen and oxygen atoms in total. The third-order valence-corrected chi connectivity index (χ3v) is 6.59. The number of imide groups is 1. The number of likely N-dealkylation sites (N-methyl/N-ethyl adjacent to an activating group) is 1. The first-order valence-corrected chi connectivity index (χ1v) is 11.5. The lowest BCUT2D eigenvalue weighted by molar-refractivity contribution is -0.144. The summed E-state index contributed by atoms with van der Waals surface area (Å²) in [4.78, 5) is 49.1. The Bertz CT molecular complexity index is 982. The summed E-state index contributed by atoms with van der Waals surface area (Å²) < 4.78 is 5.04. The molecule has 33 heavy (non-hydrogen) atoms. The van der Waals surface area contributed by atoms with Crippen molar-refractivity contribution in [1.29, 1.82) is 0 Å². The third kappa shape index (κ3) is 4.87. The number of hydrogen-bond acceptors (Lipinski definition) is 8. The number of amides is 3. The maximum Gasteiger partial charge on any atom is 0.325 e. The van der Waals surface area contributed by atoms with Gasteiger partial charge in [-0.3, -0.25) is 19.8 Å². The first-order valence-electron chi connectivity index (χ1n) is 10.8. The second-order valence-electron chi connectivity index (χ2n) is 8.12. The van der Waals surface area contributed by atoms with Gasteiger partial charge in [-0.25, -0.2) is 9.79 Å². The fourth-order valence-electron chi connectivity index (χ4n) is 4.27. The smallest absolute Gasteiger partial charge is 0.325 e. The lowest BCUT2D eigenvalue weighted by Crippen LogP contribution is -2.64. The molecule has 3 heterocycles. The molecule has 0 saturated carbocycles. The first kappa shape index (κ1) is 23.6. The van der Waals surface area contributed by atoms with E-state index in [-0.39, 0.29) is 12.5 Å². The van der Waals surface area contributed by atoms with Crippen LogP contribution in [0.3, 0.4) is 0 Å². The van der Waals surface area contributed by atoms with Gasteiger partial charge in [0.05, 0.1) is 13.2 Å². The van der Waals surface area contributed by atoms with E-state index >= 15 is 0 Å². The highest BCUT2D eigenvalue weighted by molar-refractivity contribution is 6.35. The lowest BCUT2D eigenvalue weighted by atomic mass is 10.1. The number of carbonyl (C=O) groups is 3. The summed E-state index contributed by atoms with van der Waals surface area (Å²) in [6, 6.07) is 4.08. The summed E-state index contributed by atoms with van der Waals surface area (Å²) >= 11 is 12.5. The number of rotatable bonds is 5. The molecule has 2 saturated heterocycles. The zero-order chi connectivity index (χ0) is 23.7. The average Bonchev–Trinajstić information content (AvgIpc) is 3.15. The van der Waals surface area contributed by atoms with Crippen LogP contribution in [0.4, 0.5) is 4.79 Å². The maximum absolute atomic E-state index is 12.8. The molecular formula is C21H26Cl2N6O4. The van der Waals surface area contributed by atoms with Gasteiger partial charge in [0, 0.05) is 49.8 Å². The summed E-state index contributed by atoms with van der Waals surface area (Å²) in [5, 5.41) is 3.42. The highest BCUT2D eigenvalue weighted by atomic mass is 35.5. The van der Waals surface area contributed by atoms with Gasteiger partial charge in [-0.05, 0) is 24.6 Å². The predicted molar refractivity (Wildman–Crippen MR) is 123 cm³/mol. The molecular weight excluding hydrogens is 471 g/mol. The summed E-state index contributed by atoms with van der Waals surface area (Å²) in [7, 11) is 1.62. The fraction of sp³-hybridized carbons (Fsp3) is 0.524. The number of nitrogens with zero attached hydrogens (tertiary/aromatic N) is 5. The van der Waals surface area contributed by atoms with Gasteiger partial charge in [-0.2, -0.15) is 0 Å². The van der Waals surface area contributed by atoms with Gasteiger partial charge in [-0.1, -0.05) is 29.3 Å². The monoisotopic (exact) mass is 496 g/mol. The molecule has 1 aromatic rings. The Morgan fingerprint density at radius 1 is 1.21 bits per heavy atom. The van der Waals surface area contributed by atoms with E-state index in [2.05, 4.69) is 10.2 Å². The van der Waals surface area contributed by atoms with Gasteiger partial charge in [0.25, 0.3) is 5.91 Å². The Labute approximate surface area is 202 Å². The minimum absolute atomic E-state index is 0.239. The highest BCUT2D eigenvalue weighted by Gasteiger charge is 2.50. The molecule has 3 aliphatic rings. The van der Waals surface area contributed by atoms with Crippen LogP contribution in [0.1, 0.15) is 12.5 Å². The fourth-order valence-corrected chi connectivity index (χ4v) is 4.74. The van der Waals surface area contributed by atoms with Gasteiger partial charge in [-0.15, -0.1) is 0 Å². The molecule has 0 spiro atoms. The van der Waals surface area contributed by atoms with Crippen LogP contribution in [0.15, 0.2) is 23.2 Å². The topological polar surface area (TPSA) is 97.8 Å². The normalized spacial score (nSPS) is 23.4. The van der Waals surface area contributed by atoms with Crippen molar-refractivity contribution >= 4 is 47.1 Å². The zero-order valence-corrected chi connectivity index (χ0v) is 20.0. The molecule has 0 aliphatic carbocycles. The van der Waals surface area contributed by atoms with Crippen LogP contribution in [0.25, 0.3) is 0 Å². The van der Waals surface area contributed by atoms with E-state index < -0.39 is 24.1 Å². The SMILES string of the molecule is CCOC(=O)CN1CCN(C2=NC3C(C(=O)NC(=O)N3C)N2Cc2ccc(Cl)cc2Cl)CC1. The molecule has 3 amide bonds. The number of piperazine rings is 1. The Balaban J connectivity index is 1.55. The lowest BCUT2D eigenvalue weighted by Gasteiger charge is -2.40.